The van der Waals surface area contributed by atoms with E-state index >= 15 is 0 Å². The van der Waals surface area contributed by atoms with Gasteiger partial charge in [0.05, 0.1) is 7.11 Å². The summed E-state index contributed by atoms with van der Waals surface area (Å²) in [4.78, 5) is 0. The van der Waals surface area contributed by atoms with Crippen LogP contribution in [0.25, 0.3) is 0 Å². The zero-order chi connectivity index (χ0) is 14.5. The van der Waals surface area contributed by atoms with E-state index < -0.39 is 0 Å². The van der Waals surface area contributed by atoms with Crippen molar-refractivity contribution in [3.05, 3.63) is 63.1 Å². The molecule has 0 aliphatic rings. The zero-order valence-electron chi connectivity index (χ0n) is 11.5. The van der Waals surface area contributed by atoms with E-state index in [1.807, 2.05) is 37.4 Å². The smallest absolute Gasteiger partial charge is 0.120 e. The molecule has 4 heteroatoms. The van der Waals surface area contributed by atoms with Crippen LogP contribution in [-0.4, -0.2) is 14.2 Å². The summed E-state index contributed by atoms with van der Waals surface area (Å²) in [5.74, 6) is 0.774. The Morgan fingerprint density at radius 1 is 1.25 bits per heavy atom. The highest BCUT2D eigenvalue weighted by Crippen LogP contribution is 2.29. The lowest BCUT2D eigenvalue weighted by molar-refractivity contribution is 0.414. The van der Waals surface area contributed by atoms with Crippen molar-refractivity contribution in [2.24, 2.45) is 0 Å². The minimum Gasteiger partial charge on any atom is -0.497 e. The molecule has 0 saturated heterocycles. The fourth-order valence-corrected chi connectivity index (χ4v) is 2.93. The summed E-state index contributed by atoms with van der Waals surface area (Å²) >= 11 is 9.85. The van der Waals surface area contributed by atoms with Crippen LogP contribution in [-0.2, 0) is 6.42 Å². The van der Waals surface area contributed by atoms with Crippen molar-refractivity contribution in [3.8, 4) is 5.75 Å². The Kier molecular flexibility index (Phi) is 5.46. The van der Waals surface area contributed by atoms with Gasteiger partial charge >= 0.3 is 0 Å². The van der Waals surface area contributed by atoms with Gasteiger partial charge in [0.2, 0.25) is 0 Å². The fraction of sp³-hybridized carbons (Fsp3) is 0.250. The van der Waals surface area contributed by atoms with Gasteiger partial charge in [0.25, 0.3) is 0 Å². The van der Waals surface area contributed by atoms with Crippen molar-refractivity contribution < 1.29 is 4.74 Å². The highest BCUT2D eigenvalue weighted by atomic mass is 79.9. The lowest BCUT2D eigenvalue weighted by atomic mass is 9.99. The van der Waals surface area contributed by atoms with Crippen molar-refractivity contribution in [1.29, 1.82) is 0 Å². The highest BCUT2D eigenvalue weighted by molar-refractivity contribution is 9.10. The SMILES string of the molecule is CNC(Cc1cccc(Br)c1)c1ccc(OC)cc1Cl. The third-order valence-corrected chi connectivity index (χ3v) is 4.08. The molecule has 2 nitrogen and oxygen atoms in total. The minimum atomic E-state index is 0.169. The molecule has 0 heterocycles. The Labute approximate surface area is 133 Å². The predicted octanol–water partition coefficient (Wildman–Crippen LogP) is 4.61. The van der Waals surface area contributed by atoms with Crippen LogP contribution >= 0.6 is 27.5 Å². The molecule has 0 radical (unpaired) electrons. The summed E-state index contributed by atoms with van der Waals surface area (Å²) in [5.41, 5.74) is 2.33. The Morgan fingerprint density at radius 3 is 2.65 bits per heavy atom. The quantitative estimate of drug-likeness (QED) is 0.846. The molecule has 0 aliphatic heterocycles. The first-order valence-electron chi connectivity index (χ1n) is 6.39. The maximum absolute atomic E-state index is 6.35. The summed E-state index contributed by atoms with van der Waals surface area (Å²) in [6.45, 7) is 0. The fourth-order valence-electron chi connectivity index (χ4n) is 2.18. The minimum absolute atomic E-state index is 0.169. The van der Waals surface area contributed by atoms with Crippen LogP contribution in [0.1, 0.15) is 17.2 Å². The van der Waals surface area contributed by atoms with Gasteiger partial charge < -0.3 is 10.1 Å². The number of methoxy groups -OCH3 is 1. The molecule has 106 valence electrons. The van der Waals surface area contributed by atoms with Gasteiger partial charge in [0.1, 0.15) is 5.75 Å². The average Bonchev–Trinajstić information content (AvgIpc) is 2.45. The van der Waals surface area contributed by atoms with Crippen LogP contribution in [0.4, 0.5) is 0 Å². The third kappa shape index (κ3) is 3.75. The molecule has 0 amide bonds. The molecule has 2 aromatic rings. The van der Waals surface area contributed by atoms with E-state index in [2.05, 4.69) is 33.4 Å². The molecular formula is C16H17BrClNO. The Hall–Kier alpha value is -1.03. The molecular weight excluding hydrogens is 338 g/mol. The summed E-state index contributed by atoms with van der Waals surface area (Å²) in [6, 6.07) is 14.3. The number of hydrogen-bond donors (Lipinski definition) is 1. The molecule has 0 fully saturated rings. The monoisotopic (exact) mass is 353 g/mol. The molecule has 0 aliphatic carbocycles. The van der Waals surface area contributed by atoms with Crippen LogP contribution in [0.3, 0.4) is 0 Å². The van der Waals surface area contributed by atoms with E-state index in [0.717, 1.165) is 27.2 Å². The Balaban J connectivity index is 2.24. The van der Waals surface area contributed by atoms with Crippen LogP contribution in [0, 0.1) is 0 Å². The lowest BCUT2D eigenvalue weighted by Crippen LogP contribution is -2.19. The summed E-state index contributed by atoms with van der Waals surface area (Å²) in [7, 11) is 3.59. The normalized spacial score (nSPS) is 12.2. The van der Waals surface area contributed by atoms with Crippen molar-refractivity contribution in [3.63, 3.8) is 0 Å². The number of hydrogen-bond acceptors (Lipinski definition) is 2. The zero-order valence-corrected chi connectivity index (χ0v) is 13.8. The second-order valence-electron chi connectivity index (χ2n) is 4.56. The number of ether oxygens (including phenoxy) is 1. The van der Waals surface area contributed by atoms with Gasteiger partial charge in [-0.3, -0.25) is 0 Å². The van der Waals surface area contributed by atoms with Gasteiger partial charge in [-0.25, -0.2) is 0 Å². The summed E-state index contributed by atoms with van der Waals surface area (Å²) in [5, 5.41) is 4.05. The van der Waals surface area contributed by atoms with Crippen LogP contribution in [0.15, 0.2) is 46.9 Å². The van der Waals surface area contributed by atoms with Crippen molar-refractivity contribution >= 4 is 27.5 Å². The first kappa shape index (κ1) is 15.4. The molecule has 0 aromatic heterocycles. The van der Waals surface area contributed by atoms with Gasteiger partial charge in [-0.2, -0.15) is 0 Å². The number of rotatable bonds is 5. The second-order valence-corrected chi connectivity index (χ2v) is 5.89. The van der Waals surface area contributed by atoms with Crippen molar-refractivity contribution in [2.75, 3.05) is 14.2 Å². The number of nitrogens with one attached hydrogen (secondary N) is 1. The second kappa shape index (κ2) is 7.11. The van der Waals surface area contributed by atoms with Gasteiger partial charge in [0, 0.05) is 15.5 Å². The molecule has 0 spiro atoms. The van der Waals surface area contributed by atoms with E-state index in [9.17, 15) is 0 Å². The van der Waals surface area contributed by atoms with Gasteiger partial charge in [-0.1, -0.05) is 45.7 Å². The first-order chi connectivity index (χ1) is 9.63. The maximum atomic E-state index is 6.35. The molecule has 1 N–H and O–H groups in total. The summed E-state index contributed by atoms with van der Waals surface area (Å²) in [6.07, 6.45) is 0.877. The molecule has 0 saturated carbocycles. The van der Waals surface area contributed by atoms with Crippen molar-refractivity contribution in [1.82, 2.24) is 5.32 Å². The number of benzene rings is 2. The van der Waals surface area contributed by atoms with Crippen LogP contribution in [0.5, 0.6) is 5.75 Å². The molecule has 1 atom stereocenters. The highest BCUT2D eigenvalue weighted by Gasteiger charge is 2.14. The van der Waals surface area contributed by atoms with E-state index in [1.54, 1.807) is 7.11 Å². The van der Waals surface area contributed by atoms with Crippen molar-refractivity contribution in [2.45, 2.75) is 12.5 Å². The molecule has 1 unspecified atom stereocenters. The molecule has 2 rings (SSSR count). The van der Waals surface area contributed by atoms with Gasteiger partial charge in [0.15, 0.2) is 0 Å². The standard InChI is InChI=1S/C16H17BrClNO/c1-19-16(9-11-4-3-5-12(17)8-11)14-7-6-13(20-2)10-15(14)18/h3-8,10,16,19H,9H2,1-2H3. The first-order valence-corrected chi connectivity index (χ1v) is 7.56. The summed E-state index contributed by atoms with van der Waals surface area (Å²) < 4.78 is 6.27. The molecule has 0 bridgehead atoms. The number of halogens is 2. The van der Waals surface area contributed by atoms with Crippen LogP contribution in [0.2, 0.25) is 5.02 Å². The van der Waals surface area contributed by atoms with E-state index in [0.29, 0.717) is 0 Å². The lowest BCUT2D eigenvalue weighted by Gasteiger charge is -2.19. The van der Waals surface area contributed by atoms with E-state index in [1.165, 1.54) is 5.56 Å². The maximum Gasteiger partial charge on any atom is 0.120 e. The van der Waals surface area contributed by atoms with Crippen LogP contribution < -0.4 is 10.1 Å². The largest absolute Gasteiger partial charge is 0.497 e. The predicted molar refractivity (Wildman–Crippen MR) is 87.7 cm³/mol. The Morgan fingerprint density at radius 2 is 2.05 bits per heavy atom. The molecule has 2 aromatic carbocycles. The molecule has 20 heavy (non-hydrogen) atoms. The topological polar surface area (TPSA) is 21.3 Å². The third-order valence-electron chi connectivity index (χ3n) is 3.26. The van der Waals surface area contributed by atoms with E-state index in [4.69, 9.17) is 16.3 Å². The Bertz CT molecular complexity index is 588. The van der Waals surface area contributed by atoms with Gasteiger partial charge in [-0.15, -0.1) is 0 Å². The van der Waals surface area contributed by atoms with Gasteiger partial charge in [-0.05, 0) is 48.9 Å². The van der Waals surface area contributed by atoms with E-state index in [-0.39, 0.29) is 6.04 Å². The average molecular weight is 355 g/mol. The number of likely N-dealkylation sites (N-methyl/N-ethyl adjacent to an activating group) is 1.